The molecule has 1 aromatic carbocycles. The summed E-state index contributed by atoms with van der Waals surface area (Å²) in [6.45, 7) is 0. The van der Waals surface area contributed by atoms with E-state index in [1.807, 2.05) is 0 Å². The highest BCUT2D eigenvalue weighted by Crippen LogP contribution is 2.46. The minimum atomic E-state index is -0.109. The molecule has 23 heavy (non-hydrogen) atoms. The second kappa shape index (κ2) is 5.84. The quantitative estimate of drug-likeness (QED) is 0.605. The molecule has 1 atom stereocenters. The van der Waals surface area contributed by atoms with Crippen LogP contribution in [-0.4, -0.2) is 13.1 Å². The summed E-state index contributed by atoms with van der Waals surface area (Å²) >= 11 is 0. The van der Waals surface area contributed by atoms with Crippen LogP contribution in [0.15, 0.2) is 42.0 Å². The summed E-state index contributed by atoms with van der Waals surface area (Å²) in [6, 6.07) is 4.63. The summed E-state index contributed by atoms with van der Waals surface area (Å²) < 4.78 is 4.75. The van der Waals surface area contributed by atoms with Gasteiger partial charge in [0.2, 0.25) is 0 Å². The third-order valence-corrected chi connectivity index (χ3v) is 5.31. The van der Waals surface area contributed by atoms with E-state index in [1.54, 1.807) is 5.56 Å². The molecule has 3 aliphatic rings. The summed E-state index contributed by atoms with van der Waals surface area (Å²) in [7, 11) is 1.46. The molecule has 2 nitrogen and oxygen atoms in total. The first kappa shape index (κ1) is 14.5. The van der Waals surface area contributed by atoms with Gasteiger partial charge in [-0.15, -0.1) is 0 Å². The first-order valence-electron chi connectivity index (χ1n) is 8.56. The molecule has 0 aromatic heterocycles. The number of carbonyl (C=O) groups excluding carboxylic acids is 1. The number of esters is 1. The lowest BCUT2D eigenvalue weighted by molar-refractivity contribution is -0.140. The van der Waals surface area contributed by atoms with Gasteiger partial charge in [0.1, 0.15) is 0 Å². The summed E-state index contributed by atoms with van der Waals surface area (Å²) in [4.78, 5) is 11.3. The maximum Gasteiger partial charge on any atom is 0.305 e. The van der Waals surface area contributed by atoms with Gasteiger partial charge in [-0.1, -0.05) is 36.4 Å². The summed E-state index contributed by atoms with van der Waals surface area (Å²) in [6.07, 6.45) is 15.0. The number of allylic oxidation sites excluding steroid dienone is 6. The number of hydrogen-bond donors (Lipinski definition) is 0. The van der Waals surface area contributed by atoms with E-state index in [0.29, 0.717) is 12.3 Å². The van der Waals surface area contributed by atoms with Gasteiger partial charge >= 0.3 is 5.97 Å². The fraction of sp³-hybridized carbons (Fsp3) is 0.381. The zero-order chi connectivity index (χ0) is 15.8. The van der Waals surface area contributed by atoms with Crippen LogP contribution >= 0.6 is 0 Å². The van der Waals surface area contributed by atoms with Crippen molar-refractivity contribution in [1.29, 1.82) is 0 Å². The van der Waals surface area contributed by atoms with Crippen molar-refractivity contribution >= 4 is 11.5 Å². The van der Waals surface area contributed by atoms with Gasteiger partial charge in [-0.05, 0) is 65.5 Å². The van der Waals surface area contributed by atoms with Crippen LogP contribution in [0.4, 0.5) is 0 Å². The zero-order valence-corrected chi connectivity index (χ0v) is 13.6. The van der Waals surface area contributed by atoms with Gasteiger partial charge in [-0.3, -0.25) is 4.79 Å². The molecule has 0 bridgehead atoms. The fourth-order valence-electron chi connectivity index (χ4n) is 4.19. The van der Waals surface area contributed by atoms with Crippen molar-refractivity contribution in [2.24, 2.45) is 0 Å². The maximum atomic E-state index is 11.3. The maximum absolute atomic E-state index is 11.3. The van der Waals surface area contributed by atoms with Crippen LogP contribution < -0.4 is 0 Å². The van der Waals surface area contributed by atoms with E-state index in [9.17, 15) is 4.79 Å². The summed E-state index contributed by atoms with van der Waals surface area (Å²) in [5, 5.41) is 0. The van der Waals surface area contributed by atoms with Crippen molar-refractivity contribution in [1.82, 2.24) is 0 Å². The molecule has 0 saturated heterocycles. The average molecular weight is 306 g/mol. The molecule has 0 aliphatic heterocycles. The first-order chi connectivity index (χ1) is 11.3. The average Bonchev–Trinajstić information content (AvgIpc) is 2.60. The minimum Gasteiger partial charge on any atom is -0.469 e. The van der Waals surface area contributed by atoms with Crippen LogP contribution in [0.25, 0.3) is 5.57 Å². The minimum absolute atomic E-state index is 0.109. The Hall–Kier alpha value is -2.09. The van der Waals surface area contributed by atoms with E-state index in [0.717, 1.165) is 32.1 Å². The van der Waals surface area contributed by atoms with Crippen LogP contribution in [0.2, 0.25) is 0 Å². The largest absolute Gasteiger partial charge is 0.469 e. The normalized spacial score (nSPS) is 20.5. The second-order valence-electron chi connectivity index (χ2n) is 6.63. The molecule has 0 heterocycles. The third kappa shape index (κ3) is 2.46. The molecule has 0 radical (unpaired) electrons. The van der Waals surface area contributed by atoms with Crippen molar-refractivity contribution in [3.63, 3.8) is 0 Å². The molecule has 0 amide bonds. The topological polar surface area (TPSA) is 26.3 Å². The number of hydrogen-bond acceptors (Lipinski definition) is 2. The lowest BCUT2D eigenvalue weighted by Crippen LogP contribution is -2.17. The monoisotopic (exact) mass is 306 g/mol. The number of carbonyl (C=O) groups is 1. The Morgan fingerprint density at radius 3 is 2.96 bits per heavy atom. The van der Waals surface area contributed by atoms with E-state index in [1.165, 1.54) is 34.9 Å². The Kier molecular flexibility index (Phi) is 3.68. The van der Waals surface area contributed by atoms with E-state index in [-0.39, 0.29) is 5.97 Å². The smallest absolute Gasteiger partial charge is 0.305 e. The number of rotatable bonds is 4. The van der Waals surface area contributed by atoms with E-state index >= 15 is 0 Å². The van der Waals surface area contributed by atoms with E-state index in [4.69, 9.17) is 4.74 Å². The third-order valence-electron chi connectivity index (χ3n) is 5.31. The summed E-state index contributed by atoms with van der Waals surface area (Å²) in [5.74, 6) is 0.453. The van der Waals surface area contributed by atoms with E-state index in [2.05, 4.69) is 36.4 Å². The van der Waals surface area contributed by atoms with Crippen LogP contribution in [-0.2, 0) is 22.4 Å². The molecule has 0 N–H and O–H groups in total. The Labute approximate surface area is 137 Å². The van der Waals surface area contributed by atoms with Gasteiger partial charge in [0, 0.05) is 12.3 Å². The van der Waals surface area contributed by atoms with Crippen LogP contribution in [0, 0.1) is 0 Å². The van der Waals surface area contributed by atoms with Crippen LogP contribution in [0.5, 0.6) is 0 Å². The Morgan fingerprint density at radius 1 is 1.22 bits per heavy atom. The summed E-state index contributed by atoms with van der Waals surface area (Å²) in [5.41, 5.74) is 8.88. The van der Waals surface area contributed by atoms with Crippen molar-refractivity contribution in [3.05, 3.63) is 64.3 Å². The molecular weight excluding hydrogens is 284 g/mol. The van der Waals surface area contributed by atoms with Crippen molar-refractivity contribution in [2.75, 3.05) is 7.11 Å². The van der Waals surface area contributed by atoms with Crippen molar-refractivity contribution in [3.8, 4) is 0 Å². The van der Waals surface area contributed by atoms with Crippen LogP contribution in [0.1, 0.15) is 53.9 Å². The zero-order valence-electron chi connectivity index (χ0n) is 13.6. The van der Waals surface area contributed by atoms with Gasteiger partial charge in [0.25, 0.3) is 0 Å². The SMILES string of the molecule is COC(=O)CCCC1=CCc2ccc3c4c2C1=CCC4C=CC3. The Bertz CT molecular complexity index is 749. The van der Waals surface area contributed by atoms with Gasteiger partial charge < -0.3 is 4.74 Å². The van der Waals surface area contributed by atoms with Crippen molar-refractivity contribution < 1.29 is 9.53 Å². The molecular formula is C21H22O2. The lowest BCUT2D eigenvalue weighted by Gasteiger charge is -2.33. The molecule has 0 fully saturated rings. The molecule has 0 spiro atoms. The highest BCUT2D eigenvalue weighted by atomic mass is 16.5. The molecule has 1 unspecified atom stereocenters. The van der Waals surface area contributed by atoms with Gasteiger partial charge in [-0.25, -0.2) is 0 Å². The Balaban J connectivity index is 1.63. The number of ether oxygens (including phenoxy) is 1. The predicted octanol–water partition coefficient (Wildman–Crippen LogP) is 4.50. The first-order valence-corrected chi connectivity index (χ1v) is 8.56. The number of methoxy groups -OCH3 is 1. The molecule has 2 heteroatoms. The predicted molar refractivity (Wildman–Crippen MR) is 92.3 cm³/mol. The van der Waals surface area contributed by atoms with E-state index < -0.39 is 0 Å². The Morgan fingerprint density at radius 2 is 2.09 bits per heavy atom. The van der Waals surface area contributed by atoms with Crippen molar-refractivity contribution in [2.45, 2.75) is 44.4 Å². The molecule has 118 valence electrons. The fourth-order valence-corrected chi connectivity index (χ4v) is 4.19. The standard InChI is InChI=1S/C21H22O2/c1-23-19(22)7-3-4-14-8-9-17-11-10-15-5-2-6-16-12-13-18(14)21(17)20(15)16/h2,6,8,10-11,13,16H,3-5,7,9,12H2,1H3. The highest BCUT2D eigenvalue weighted by Gasteiger charge is 2.29. The lowest BCUT2D eigenvalue weighted by atomic mass is 9.71. The van der Waals surface area contributed by atoms with Gasteiger partial charge in [-0.2, -0.15) is 0 Å². The van der Waals surface area contributed by atoms with Gasteiger partial charge in [0.15, 0.2) is 0 Å². The number of benzene rings is 1. The van der Waals surface area contributed by atoms with Crippen LogP contribution in [0.3, 0.4) is 0 Å². The molecule has 3 aliphatic carbocycles. The molecule has 1 aromatic rings. The molecule has 0 saturated carbocycles. The second-order valence-corrected chi connectivity index (χ2v) is 6.63. The highest BCUT2D eigenvalue weighted by molar-refractivity contribution is 5.87. The van der Waals surface area contributed by atoms with Gasteiger partial charge in [0.05, 0.1) is 7.11 Å². The molecule has 4 rings (SSSR count).